The van der Waals surface area contributed by atoms with E-state index in [2.05, 4.69) is 9.82 Å². The molecule has 9 heteroatoms. The Hall–Kier alpha value is -2.52. The van der Waals surface area contributed by atoms with Gasteiger partial charge in [-0.25, -0.2) is 13.1 Å². The number of fused-ring (bicyclic) bond motifs is 1. The number of aryl methyl sites for hydroxylation is 1. The monoisotopic (exact) mass is 374 g/mol. The molecule has 0 saturated carbocycles. The Morgan fingerprint density at radius 1 is 1.04 bits per heavy atom. The van der Waals surface area contributed by atoms with Crippen LogP contribution in [0.1, 0.15) is 25.0 Å². The molecule has 0 spiro atoms. The van der Waals surface area contributed by atoms with Gasteiger partial charge in [-0.2, -0.15) is 5.10 Å². The van der Waals surface area contributed by atoms with Crippen molar-refractivity contribution < 1.29 is 18.0 Å². The van der Waals surface area contributed by atoms with Crippen molar-refractivity contribution >= 4 is 27.5 Å². The molecule has 1 atom stereocenters. The van der Waals surface area contributed by atoms with E-state index in [1.54, 1.807) is 6.20 Å². The Labute approximate surface area is 150 Å². The second-order valence-corrected chi connectivity index (χ2v) is 8.19. The topological polar surface area (TPSA) is 101 Å². The molecule has 0 bridgehead atoms. The number of hydrogen-bond donors (Lipinski definition) is 1. The van der Waals surface area contributed by atoms with Crippen molar-refractivity contribution in [3.05, 3.63) is 42.2 Å². The summed E-state index contributed by atoms with van der Waals surface area (Å²) in [6, 6.07) is 7.52. The van der Waals surface area contributed by atoms with Crippen LogP contribution in [0.3, 0.4) is 0 Å². The lowest BCUT2D eigenvalue weighted by Gasteiger charge is -2.24. The third kappa shape index (κ3) is 3.04. The summed E-state index contributed by atoms with van der Waals surface area (Å²) in [6.07, 6.45) is 3.36. The van der Waals surface area contributed by atoms with E-state index in [0.29, 0.717) is 25.1 Å². The molecule has 0 aliphatic carbocycles. The molecule has 1 aromatic carbocycles. The molecular weight excluding hydrogens is 356 g/mol. The van der Waals surface area contributed by atoms with Crippen molar-refractivity contribution in [3.63, 3.8) is 0 Å². The largest absolute Gasteiger partial charge is 0.274 e. The maximum Gasteiger partial charge on any atom is 0.240 e. The SMILES string of the molecule is O=C1CCC(=O)N1c1ccc(S(=O)(=O)NC2CCn3nccc3C2)cc1. The van der Waals surface area contributed by atoms with E-state index < -0.39 is 10.0 Å². The number of hydrogen-bond acceptors (Lipinski definition) is 5. The number of aromatic nitrogens is 2. The highest BCUT2D eigenvalue weighted by Crippen LogP contribution is 2.24. The van der Waals surface area contributed by atoms with Crippen molar-refractivity contribution in [1.29, 1.82) is 0 Å². The van der Waals surface area contributed by atoms with Gasteiger partial charge in [0.05, 0.1) is 10.6 Å². The third-order valence-corrected chi connectivity index (χ3v) is 6.26. The third-order valence-electron chi connectivity index (χ3n) is 4.73. The number of carbonyl (C=O) groups excluding carboxylic acids is 2. The van der Waals surface area contributed by atoms with Crippen molar-refractivity contribution in [2.24, 2.45) is 0 Å². The van der Waals surface area contributed by atoms with Gasteiger partial charge in [-0.1, -0.05) is 0 Å². The maximum atomic E-state index is 12.6. The van der Waals surface area contributed by atoms with Crippen molar-refractivity contribution in [1.82, 2.24) is 14.5 Å². The fraction of sp³-hybridized carbons (Fsp3) is 0.353. The quantitative estimate of drug-likeness (QED) is 0.799. The molecule has 3 heterocycles. The number of benzene rings is 1. The molecule has 1 unspecified atom stereocenters. The van der Waals surface area contributed by atoms with Gasteiger partial charge in [-0.3, -0.25) is 19.2 Å². The first kappa shape index (κ1) is 16.9. The van der Waals surface area contributed by atoms with Crippen LogP contribution in [0.4, 0.5) is 5.69 Å². The van der Waals surface area contributed by atoms with E-state index in [9.17, 15) is 18.0 Å². The molecule has 0 radical (unpaired) electrons. The summed E-state index contributed by atoms with van der Waals surface area (Å²) >= 11 is 0. The van der Waals surface area contributed by atoms with E-state index in [0.717, 1.165) is 10.6 Å². The summed E-state index contributed by atoms with van der Waals surface area (Å²) in [4.78, 5) is 24.8. The lowest BCUT2D eigenvalue weighted by molar-refractivity contribution is -0.121. The standard InChI is InChI=1S/C17H18N4O4S/c22-16-5-6-17(23)21(16)13-1-3-15(4-2-13)26(24,25)19-12-8-10-20-14(11-12)7-9-18-20/h1-4,7,9,12,19H,5-6,8,10-11H2. The lowest BCUT2D eigenvalue weighted by Crippen LogP contribution is -2.40. The highest BCUT2D eigenvalue weighted by atomic mass is 32.2. The van der Waals surface area contributed by atoms with Gasteiger partial charge in [0.25, 0.3) is 0 Å². The minimum atomic E-state index is -3.68. The van der Waals surface area contributed by atoms with Gasteiger partial charge in [-0.05, 0) is 36.8 Å². The zero-order valence-electron chi connectivity index (χ0n) is 14.0. The van der Waals surface area contributed by atoms with Gasteiger partial charge in [0, 0.05) is 43.7 Å². The highest BCUT2D eigenvalue weighted by molar-refractivity contribution is 7.89. The molecule has 1 aromatic heterocycles. The van der Waals surface area contributed by atoms with E-state index in [4.69, 9.17) is 0 Å². The second-order valence-electron chi connectivity index (χ2n) is 6.47. The molecule has 2 aliphatic heterocycles. The lowest BCUT2D eigenvalue weighted by atomic mass is 10.1. The average Bonchev–Trinajstić information content (AvgIpc) is 3.20. The van der Waals surface area contributed by atoms with Gasteiger partial charge in [0.2, 0.25) is 21.8 Å². The van der Waals surface area contributed by atoms with Gasteiger partial charge >= 0.3 is 0 Å². The molecule has 1 N–H and O–H groups in total. The number of rotatable bonds is 4. The molecule has 2 amide bonds. The highest BCUT2D eigenvalue weighted by Gasteiger charge is 2.31. The van der Waals surface area contributed by atoms with Gasteiger partial charge in [0.1, 0.15) is 0 Å². The number of sulfonamides is 1. The Balaban J connectivity index is 1.50. The van der Waals surface area contributed by atoms with Gasteiger partial charge in [0.15, 0.2) is 0 Å². The number of imide groups is 1. The predicted octanol–water partition coefficient (Wildman–Crippen LogP) is 0.830. The fourth-order valence-electron chi connectivity index (χ4n) is 3.39. The van der Waals surface area contributed by atoms with Crippen LogP contribution >= 0.6 is 0 Å². The molecule has 8 nitrogen and oxygen atoms in total. The Bertz CT molecular complexity index is 949. The van der Waals surface area contributed by atoms with Crippen LogP contribution in [0.25, 0.3) is 0 Å². The molecule has 1 saturated heterocycles. The first-order valence-electron chi connectivity index (χ1n) is 8.43. The summed E-state index contributed by atoms with van der Waals surface area (Å²) in [5.74, 6) is -0.523. The van der Waals surface area contributed by atoms with Crippen molar-refractivity contribution in [2.45, 2.75) is 43.2 Å². The van der Waals surface area contributed by atoms with E-state index >= 15 is 0 Å². The normalized spacial score (nSPS) is 20.5. The summed E-state index contributed by atoms with van der Waals surface area (Å²) in [5.41, 5.74) is 1.41. The predicted molar refractivity (Wildman–Crippen MR) is 92.8 cm³/mol. The zero-order valence-corrected chi connectivity index (χ0v) is 14.8. The maximum absolute atomic E-state index is 12.6. The zero-order chi connectivity index (χ0) is 18.3. The average molecular weight is 374 g/mol. The minimum Gasteiger partial charge on any atom is -0.274 e. The van der Waals surface area contributed by atoms with Crippen LogP contribution in [0.5, 0.6) is 0 Å². The van der Waals surface area contributed by atoms with Crippen molar-refractivity contribution in [2.75, 3.05) is 4.90 Å². The Morgan fingerprint density at radius 2 is 1.73 bits per heavy atom. The number of anilines is 1. The number of nitrogens with one attached hydrogen (secondary N) is 1. The molecule has 136 valence electrons. The van der Waals surface area contributed by atoms with Crippen LogP contribution in [0.2, 0.25) is 0 Å². The van der Waals surface area contributed by atoms with Crippen LogP contribution in [-0.2, 0) is 32.6 Å². The Kier molecular flexibility index (Phi) is 4.12. The molecular formula is C17H18N4O4S. The molecule has 1 fully saturated rings. The molecule has 2 aromatic rings. The van der Waals surface area contributed by atoms with Gasteiger partial charge < -0.3 is 0 Å². The fourth-order valence-corrected chi connectivity index (χ4v) is 4.66. The van der Waals surface area contributed by atoms with E-state index in [1.807, 2.05) is 10.7 Å². The molecule has 4 rings (SSSR count). The minimum absolute atomic E-state index is 0.111. The van der Waals surface area contributed by atoms with Gasteiger partial charge in [-0.15, -0.1) is 0 Å². The first-order chi connectivity index (χ1) is 12.4. The van der Waals surface area contributed by atoms with Crippen LogP contribution in [-0.4, -0.2) is 36.1 Å². The summed E-state index contributed by atoms with van der Waals surface area (Å²) in [7, 11) is -3.68. The second kappa shape index (κ2) is 6.33. The first-order valence-corrected chi connectivity index (χ1v) is 9.91. The smallest absolute Gasteiger partial charge is 0.240 e. The van der Waals surface area contributed by atoms with E-state index in [1.165, 1.54) is 24.3 Å². The molecule has 2 aliphatic rings. The summed E-state index contributed by atoms with van der Waals surface area (Å²) < 4.78 is 29.9. The van der Waals surface area contributed by atoms with Crippen molar-refractivity contribution in [3.8, 4) is 0 Å². The number of carbonyl (C=O) groups is 2. The summed E-state index contributed by atoms with van der Waals surface area (Å²) in [6.45, 7) is 0.674. The molecule has 26 heavy (non-hydrogen) atoms. The summed E-state index contributed by atoms with van der Waals surface area (Å²) in [5, 5.41) is 4.19. The Morgan fingerprint density at radius 3 is 2.42 bits per heavy atom. The van der Waals surface area contributed by atoms with Crippen LogP contribution in [0, 0.1) is 0 Å². The number of nitrogens with zero attached hydrogens (tertiary/aromatic N) is 3. The van der Waals surface area contributed by atoms with Crippen LogP contribution < -0.4 is 9.62 Å². The van der Waals surface area contributed by atoms with Crippen LogP contribution in [0.15, 0.2) is 41.4 Å². The number of amides is 2. The van der Waals surface area contributed by atoms with E-state index in [-0.39, 0.29) is 35.6 Å².